The summed E-state index contributed by atoms with van der Waals surface area (Å²) < 4.78 is 4.85. The first-order chi connectivity index (χ1) is 4.66. The molecule has 0 spiro atoms. The van der Waals surface area contributed by atoms with Gasteiger partial charge in [-0.15, -0.1) is 0 Å². The molecule has 0 aliphatic heterocycles. The van der Waals surface area contributed by atoms with E-state index < -0.39 is 5.97 Å². The number of aliphatic carboxylic acids is 1. The minimum Gasteiger partial charge on any atom is -0.548 e. The largest absolute Gasteiger partial charge is 1.00 e. The number of ether oxygens (including phenoxy) is 1. The van der Waals surface area contributed by atoms with E-state index in [1.54, 1.807) is 13.8 Å². The molecule has 0 unspecified atom stereocenters. The predicted octanol–water partition coefficient (Wildman–Crippen LogP) is -3.80. The van der Waals surface area contributed by atoms with Crippen LogP contribution in [0.1, 0.15) is 13.8 Å². The van der Waals surface area contributed by atoms with Gasteiger partial charge >= 0.3 is 51.4 Å². The van der Waals surface area contributed by atoms with E-state index in [1.165, 1.54) is 0 Å². The van der Waals surface area contributed by atoms with Gasteiger partial charge in [0.1, 0.15) is 0 Å². The summed E-state index contributed by atoms with van der Waals surface area (Å²) in [7, 11) is 0. The Hall–Kier alpha value is 0.576. The van der Waals surface area contributed by atoms with E-state index in [-0.39, 0.29) is 57.9 Å². The fourth-order valence-electron chi connectivity index (χ4n) is 0.430. The minimum absolute atomic E-state index is 0. The first-order valence-corrected chi connectivity index (χ1v) is 3.00. The number of carbonyl (C=O) groups is 1. The third kappa shape index (κ3) is 10.6. The summed E-state index contributed by atoms with van der Waals surface area (Å²) in [5, 5.41) is 9.83. The second kappa shape index (κ2) is 8.67. The number of nitrogens with zero attached hydrogens (tertiary/aromatic N) is 1. The van der Waals surface area contributed by atoms with Crippen molar-refractivity contribution >= 4 is 11.9 Å². The first-order valence-electron chi connectivity index (χ1n) is 3.00. The van der Waals surface area contributed by atoms with E-state index in [9.17, 15) is 9.90 Å². The molecule has 0 aliphatic carbocycles. The molecule has 0 rings (SSSR count). The Labute approximate surface area is 108 Å². The van der Waals surface area contributed by atoms with Crippen LogP contribution in [0.4, 0.5) is 0 Å². The zero-order valence-electron chi connectivity index (χ0n) is 7.09. The number of hydrogen-bond acceptors (Lipinski definition) is 4. The third-order valence-electron chi connectivity index (χ3n) is 0.784. The maximum absolute atomic E-state index is 9.83. The molecule has 0 radical (unpaired) electrons. The van der Waals surface area contributed by atoms with Crippen LogP contribution in [0, 0.1) is 0 Å². The van der Waals surface area contributed by atoms with Gasteiger partial charge in [0, 0.05) is 6.92 Å². The molecule has 0 heterocycles. The SMILES string of the molecule is CCOC(C)=NCC(=O)[O-].[K+]. The summed E-state index contributed by atoms with van der Waals surface area (Å²) in [6.45, 7) is 3.58. The van der Waals surface area contributed by atoms with Gasteiger partial charge in [-0.2, -0.15) is 0 Å². The molecule has 4 nitrogen and oxygen atoms in total. The molecular weight excluding hydrogens is 173 g/mol. The molecule has 0 aromatic rings. The Morgan fingerprint density at radius 1 is 1.64 bits per heavy atom. The fraction of sp³-hybridized carbons (Fsp3) is 0.667. The van der Waals surface area contributed by atoms with Crippen molar-refractivity contribution in [2.75, 3.05) is 13.2 Å². The van der Waals surface area contributed by atoms with E-state index in [0.29, 0.717) is 12.5 Å². The van der Waals surface area contributed by atoms with E-state index >= 15 is 0 Å². The molecular formula is C6H10KNO3. The molecule has 0 fully saturated rings. The zero-order valence-corrected chi connectivity index (χ0v) is 10.2. The molecule has 0 aliphatic rings. The van der Waals surface area contributed by atoms with Crippen molar-refractivity contribution in [1.29, 1.82) is 0 Å². The van der Waals surface area contributed by atoms with Crippen LogP contribution in [0.25, 0.3) is 0 Å². The first kappa shape index (κ1) is 14.1. The topological polar surface area (TPSA) is 61.7 Å². The summed E-state index contributed by atoms with van der Waals surface area (Å²) in [6, 6.07) is 0. The zero-order chi connectivity index (χ0) is 7.98. The van der Waals surface area contributed by atoms with E-state index in [2.05, 4.69) is 4.99 Å². The molecule has 5 heteroatoms. The van der Waals surface area contributed by atoms with Gasteiger partial charge in [0.15, 0.2) is 5.90 Å². The van der Waals surface area contributed by atoms with Gasteiger partial charge in [-0.25, -0.2) is 4.99 Å². The van der Waals surface area contributed by atoms with Crippen molar-refractivity contribution in [2.24, 2.45) is 4.99 Å². The van der Waals surface area contributed by atoms with Crippen molar-refractivity contribution in [2.45, 2.75) is 13.8 Å². The normalized spacial score (nSPS) is 10.2. The Balaban J connectivity index is 0. The molecule has 0 amide bonds. The molecule has 0 bridgehead atoms. The maximum Gasteiger partial charge on any atom is 1.00 e. The predicted molar refractivity (Wildman–Crippen MR) is 34.6 cm³/mol. The minimum atomic E-state index is -1.20. The van der Waals surface area contributed by atoms with E-state index in [4.69, 9.17) is 4.74 Å². The van der Waals surface area contributed by atoms with Crippen LogP contribution in [-0.4, -0.2) is 25.0 Å². The Morgan fingerprint density at radius 3 is 2.55 bits per heavy atom. The smallest absolute Gasteiger partial charge is 0.548 e. The second-order valence-electron chi connectivity index (χ2n) is 1.64. The van der Waals surface area contributed by atoms with Gasteiger partial charge in [0.05, 0.1) is 19.1 Å². The molecule has 0 atom stereocenters. The number of hydrogen-bond donors (Lipinski definition) is 0. The Morgan fingerprint density at radius 2 is 2.18 bits per heavy atom. The van der Waals surface area contributed by atoms with Gasteiger partial charge in [0.25, 0.3) is 0 Å². The van der Waals surface area contributed by atoms with Crippen LogP contribution < -0.4 is 56.5 Å². The Kier molecular flexibility index (Phi) is 11.1. The van der Waals surface area contributed by atoms with Crippen molar-refractivity contribution in [1.82, 2.24) is 0 Å². The maximum atomic E-state index is 9.83. The summed E-state index contributed by atoms with van der Waals surface area (Å²) in [6.07, 6.45) is 0. The molecule has 0 aromatic carbocycles. The summed E-state index contributed by atoms with van der Waals surface area (Å²) in [4.78, 5) is 13.4. The number of aliphatic imine (C=N–C) groups is 1. The standard InChI is InChI=1S/C6H11NO3.K/c1-3-10-5(2)7-4-6(8)9;/h3-4H2,1-2H3,(H,8,9);/q;+1/p-1. The summed E-state index contributed by atoms with van der Waals surface area (Å²) in [5.41, 5.74) is 0. The molecule has 0 aromatic heterocycles. The third-order valence-corrected chi connectivity index (χ3v) is 0.784. The van der Waals surface area contributed by atoms with Crippen LogP contribution in [0.3, 0.4) is 0 Å². The van der Waals surface area contributed by atoms with Gasteiger partial charge in [-0.05, 0) is 6.92 Å². The number of rotatable bonds is 3. The number of carboxylic acids is 1. The molecule has 11 heavy (non-hydrogen) atoms. The van der Waals surface area contributed by atoms with Crippen LogP contribution in [-0.2, 0) is 9.53 Å². The van der Waals surface area contributed by atoms with Crippen molar-refractivity contribution in [3.63, 3.8) is 0 Å². The Bertz CT molecular complexity index is 147. The monoisotopic (exact) mass is 183 g/mol. The van der Waals surface area contributed by atoms with Crippen LogP contribution in [0.15, 0.2) is 4.99 Å². The van der Waals surface area contributed by atoms with E-state index in [0.717, 1.165) is 0 Å². The van der Waals surface area contributed by atoms with Crippen LogP contribution >= 0.6 is 0 Å². The van der Waals surface area contributed by atoms with Crippen LogP contribution in [0.2, 0.25) is 0 Å². The number of carbonyl (C=O) groups excluding carboxylic acids is 1. The van der Waals surface area contributed by atoms with Crippen molar-refractivity contribution in [3.05, 3.63) is 0 Å². The molecule has 0 N–H and O–H groups in total. The number of carboxylic acid groups (broad SMARTS) is 1. The van der Waals surface area contributed by atoms with Gasteiger partial charge in [0.2, 0.25) is 0 Å². The summed E-state index contributed by atoms with van der Waals surface area (Å²) >= 11 is 0. The summed E-state index contributed by atoms with van der Waals surface area (Å²) in [5.74, 6) is -0.814. The van der Waals surface area contributed by atoms with Crippen LogP contribution in [0.5, 0.6) is 0 Å². The second-order valence-corrected chi connectivity index (χ2v) is 1.64. The van der Waals surface area contributed by atoms with E-state index in [1.807, 2.05) is 0 Å². The average molecular weight is 183 g/mol. The molecule has 0 saturated heterocycles. The fourth-order valence-corrected chi connectivity index (χ4v) is 0.430. The quantitative estimate of drug-likeness (QED) is 0.256. The average Bonchev–Trinajstić information content (AvgIpc) is 1.85. The molecule has 58 valence electrons. The van der Waals surface area contributed by atoms with Gasteiger partial charge in [-0.1, -0.05) is 0 Å². The van der Waals surface area contributed by atoms with Gasteiger partial charge < -0.3 is 14.6 Å². The molecule has 0 saturated carbocycles. The van der Waals surface area contributed by atoms with Crippen molar-refractivity contribution in [3.8, 4) is 0 Å². The van der Waals surface area contributed by atoms with Crippen molar-refractivity contribution < 1.29 is 66.0 Å². The van der Waals surface area contributed by atoms with Gasteiger partial charge in [-0.3, -0.25) is 0 Å².